The summed E-state index contributed by atoms with van der Waals surface area (Å²) in [5, 5.41) is 0. The predicted octanol–water partition coefficient (Wildman–Crippen LogP) is 22.2. The van der Waals surface area contributed by atoms with Crippen LogP contribution in [0, 0.1) is 17.8 Å². The molecule has 0 aromatic rings. The van der Waals surface area contributed by atoms with Gasteiger partial charge in [0.25, 0.3) is 0 Å². The topological polar surface area (TPSA) is 78.9 Å². The Morgan fingerprint density at radius 2 is 0.479 bits per heavy atom. The molecule has 6 nitrogen and oxygen atoms in total. The number of carbonyl (C=O) groups excluding carboxylic acids is 3. The molecule has 0 heterocycles. The fraction of sp³-hybridized carbons (Fsp3) is 0.955. The molecule has 6 heteroatoms. The van der Waals surface area contributed by atoms with Crippen molar-refractivity contribution in [2.75, 3.05) is 13.2 Å². The van der Waals surface area contributed by atoms with Crippen molar-refractivity contribution >= 4 is 17.9 Å². The van der Waals surface area contributed by atoms with E-state index < -0.39 is 6.10 Å². The first kappa shape index (κ1) is 71.4. The highest BCUT2D eigenvalue weighted by Crippen LogP contribution is 2.20. The second-order valence-electron chi connectivity index (χ2n) is 24.1. The SMILES string of the molecule is CCC(C)CCCCCCCCCCCCCCCCCCCCC(=O)OC[C@@H](COC(=O)CCCCCCCCCCC(C)C)OC(=O)CCCCCCCCCCCCCCCCCCCCC(C)CC. The quantitative estimate of drug-likeness (QED) is 0.0343. The molecule has 2 unspecified atom stereocenters. The van der Waals surface area contributed by atoms with Gasteiger partial charge in [0, 0.05) is 19.3 Å². The molecule has 0 saturated carbocycles. The lowest BCUT2D eigenvalue weighted by Crippen LogP contribution is -2.30. The van der Waals surface area contributed by atoms with Gasteiger partial charge in [0.2, 0.25) is 0 Å². The normalized spacial score (nSPS) is 12.9. The van der Waals surface area contributed by atoms with E-state index in [0.717, 1.165) is 75.5 Å². The fourth-order valence-electron chi connectivity index (χ4n) is 10.3. The van der Waals surface area contributed by atoms with Crippen LogP contribution >= 0.6 is 0 Å². The van der Waals surface area contributed by atoms with E-state index in [1.54, 1.807) is 0 Å². The van der Waals surface area contributed by atoms with E-state index in [0.29, 0.717) is 19.3 Å². The van der Waals surface area contributed by atoms with Crippen LogP contribution < -0.4 is 0 Å². The van der Waals surface area contributed by atoms with E-state index >= 15 is 0 Å². The highest BCUT2D eigenvalue weighted by atomic mass is 16.6. The van der Waals surface area contributed by atoms with Gasteiger partial charge in [-0.3, -0.25) is 14.4 Å². The predicted molar refractivity (Wildman–Crippen MR) is 316 cm³/mol. The van der Waals surface area contributed by atoms with E-state index in [-0.39, 0.29) is 31.1 Å². The van der Waals surface area contributed by atoms with E-state index in [2.05, 4.69) is 41.5 Å². The smallest absolute Gasteiger partial charge is 0.306 e. The molecular formula is C67H130O6. The van der Waals surface area contributed by atoms with Crippen molar-refractivity contribution in [3.8, 4) is 0 Å². The molecule has 73 heavy (non-hydrogen) atoms. The third-order valence-corrected chi connectivity index (χ3v) is 16.1. The summed E-state index contributed by atoms with van der Waals surface area (Å²) < 4.78 is 17.0. The van der Waals surface area contributed by atoms with Gasteiger partial charge in [0.1, 0.15) is 13.2 Å². The van der Waals surface area contributed by atoms with Gasteiger partial charge in [0.15, 0.2) is 6.10 Å². The van der Waals surface area contributed by atoms with Crippen LogP contribution in [0.4, 0.5) is 0 Å². The summed E-state index contributed by atoms with van der Waals surface area (Å²) in [6, 6.07) is 0. The van der Waals surface area contributed by atoms with E-state index in [1.165, 1.54) is 257 Å². The second kappa shape index (κ2) is 58.1. The van der Waals surface area contributed by atoms with Crippen LogP contribution in [0.1, 0.15) is 375 Å². The van der Waals surface area contributed by atoms with Crippen LogP contribution in [0.25, 0.3) is 0 Å². The number of hydrogen-bond donors (Lipinski definition) is 0. The van der Waals surface area contributed by atoms with Crippen molar-refractivity contribution in [3.63, 3.8) is 0 Å². The van der Waals surface area contributed by atoms with Crippen LogP contribution in [0.15, 0.2) is 0 Å². The molecule has 0 aliphatic heterocycles. The van der Waals surface area contributed by atoms with E-state index in [4.69, 9.17) is 14.2 Å². The molecule has 0 spiro atoms. The van der Waals surface area contributed by atoms with E-state index in [1.807, 2.05) is 0 Å². The minimum atomic E-state index is -0.765. The molecule has 0 aromatic carbocycles. The summed E-state index contributed by atoms with van der Waals surface area (Å²) in [6.45, 7) is 13.9. The Hall–Kier alpha value is -1.59. The largest absolute Gasteiger partial charge is 0.462 e. The van der Waals surface area contributed by atoms with Crippen LogP contribution in [-0.4, -0.2) is 37.2 Å². The molecule has 0 bridgehead atoms. The van der Waals surface area contributed by atoms with Crippen molar-refractivity contribution in [2.24, 2.45) is 17.8 Å². The molecule has 0 N–H and O–H groups in total. The number of ether oxygens (including phenoxy) is 3. The Kier molecular flexibility index (Phi) is 56.8. The Bertz CT molecular complexity index is 1140. The monoisotopic (exact) mass is 1030 g/mol. The van der Waals surface area contributed by atoms with Crippen LogP contribution in [0.2, 0.25) is 0 Å². The molecule has 0 rings (SSSR count). The highest BCUT2D eigenvalue weighted by molar-refractivity contribution is 5.71. The van der Waals surface area contributed by atoms with Crippen molar-refractivity contribution in [1.82, 2.24) is 0 Å². The zero-order chi connectivity index (χ0) is 53.3. The van der Waals surface area contributed by atoms with Crippen molar-refractivity contribution < 1.29 is 28.6 Å². The maximum Gasteiger partial charge on any atom is 0.306 e. The minimum absolute atomic E-state index is 0.0629. The van der Waals surface area contributed by atoms with Crippen LogP contribution in [-0.2, 0) is 28.6 Å². The summed E-state index contributed by atoms with van der Waals surface area (Å²) >= 11 is 0. The minimum Gasteiger partial charge on any atom is -0.462 e. The molecule has 0 saturated heterocycles. The number of esters is 3. The van der Waals surface area contributed by atoms with Gasteiger partial charge >= 0.3 is 17.9 Å². The summed E-state index contributed by atoms with van der Waals surface area (Å²) in [7, 11) is 0. The average Bonchev–Trinajstić information content (AvgIpc) is 3.38. The molecule has 0 aromatic heterocycles. The van der Waals surface area contributed by atoms with Gasteiger partial charge in [-0.15, -0.1) is 0 Å². The molecule has 434 valence electrons. The third kappa shape index (κ3) is 57.9. The first-order chi connectivity index (χ1) is 35.7. The molecule has 0 amide bonds. The average molecular weight is 1030 g/mol. The van der Waals surface area contributed by atoms with Gasteiger partial charge < -0.3 is 14.2 Å². The van der Waals surface area contributed by atoms with Crippen LogP contribution in [0.3, 0.4) is 0 Å². The Morgan fingerprint density at radius 1 is 0.274 bits per heavy atom. The molecule has 0 fully saturated rings. The summed E-state index contributed by atoms with van der Waals surface area (Å²) in [5.74, 6) is 1.78. The van der Waals surface area contributed by atoms with Gasteiger partial charge in [-0.05, 0) is 37.0 Å². The summed E-state index contributed by atoms with van der Waals surface area (Å²) in [5.41, 5.74) is 0. The molecule has 0 radical (unpaired) electrons. The standard InChI is InChI=1S/C67H130O6/c1-7-62(5)54-48-42-36-29-25-21-17-13-9-11-15-19-23-27-31-38-44-50-56-65(68)71-59-64(60-72-66(69)57-51-45-39-34-33-35-41-47-53-61(3)4)73-67(70)58-52-46-40-32-28-24-20-16-12-10-14-18-22-26-30-37-43-49-55-63(6)8-2/h61-64H,7-60H2,1-6H3/t62?,63?,64-/m0/s1. The maximum atomic E-state index is 12.9. The second-order valence-corrected chi connectivity index (χ2v) is 24.1. The van der Waals surface area contributed by atoms with Gasteiger partial charge in [-0.1, -0.05) is 337 Å². The molecule has 3 atom stereocenters. The number of unbranched alkanes of at least 4 members (excludes halogenated alkanes) is 41. The lowest BCUT2D eigenvalue weighted by Gasteiger charge is -2.18. The zero-order valence-electron chi connectivity index (χ0n) is 50.4. The van der Waals surface area contributed by atoms with Crippen molar-refractivity contribution in [3.05, 3.63) is 0 Å². The van der Waals surface area contributed by atoms with Crippen molar-refractivity contribution in [1.29, 1.82) is 0 Å². The van der Waals surface area contributed by atoms with Gasteiger partial charge in [-0.25, -0.2) is 0 Å². The number of rotatable bonds is 60. The molecule has 0 aliphatic rings. The lowest BCUT2D eigenvalue weighted by molar-refractivity contribution is -0.167. The maximum absolute atomic E-state index is 12.9. The molecule has 0 aliphatic carbocycles. The fourth-order valence-corrected chi connectivity index (χ4v) is 10.3. The van der Waals surface area contributed by atoms with Crippen LogP contribution in [0.5, 0.6) is 0 Å². The molecular weight excluding hydrogens is 901 g/mol. The Balaban J connectivity index is 4.20. The zero-order valence-corrected chi connectivity index (χ0v) is 50.4. The lowest BCUT2D eigenvalue weighted by atomic mass is 9.99. The van der Waals surface area contributed by atoms with Crippen molar-refractivity contribution in [2.45, 2.75) is 382 Å². The third-order valence-electron chi connectivity index (χ3n) is 16.1. The van der Waals surface area contributed by atoms with Gasteiger partial charge in [-0.2, -0.15) is 0 Å². The Labute approximate surface area is 457 Å². The first-order valence-electron chi connectivity index (χ1n) is 33.2. The first-order valence-corrected chi connectivity index (χ1v) is 33.2. The highest BCUT2D eigenvalue weighted by Gasteiger charge is 2.20. The summed E-state index contributed by atoms with van der Waals surface area (Å²) in [6.07, 6.45) is 64.0. The van der Waals surface area contributed by atoms with E-state index in [9.17, 15) is 14.4 Å². The Morgan fingerprint density at radius 3 is 0.712 bits per heavy atom. The summed E-state index contributed by atoms with van der Waals surface area (Å²) in [4.78, 5) is 38.3. The number of hydrogen-bond acceptors (Lipinski definition) is 6. The van der Waals surface area contributed by atoms with Gasteiger partial charge in [0.05, 0.1) is 0 Å². The number of carbonyl (C=O) groups is 3.